The lowest BCUT2D eigenvalue weighted by Crippen LogP contribution is -2.27. The van der Waals surface area contributed by atoms with Crippen molar-refractivity contribution in [3.8, 4) is 22.3 Å². The Morgan fingerprint density at radius 1 is 0.389 bits per heavy atom. The minimum absolute atomic E-state index is 0.0622. The number of para-hydroxylation sites is 3. The van der Waals surface area contributed by atoms with Gasteiger partial charge in [-0.25, -0.2) is 9.69 Å². The normalized spacial score (nSPS) is 14.7. The van der Waals surface area contributed by atoms with Crippen LogP contribution in [0.5, 0.6) is 0 Å². The van der Waals surface area contributed by atoms with E-state index >= 15 is 0 Å². The van der Waals surface area contributed by atoms with Crippen LogP contribution in [-0.2, 0) is 22.7 Å². The molecule has 2 aromatic heterocycles. The van der Waals surface area contributed by atoms with Crippen LogP contribution in [0.25, 0.3) is 108 Å². The van der Waals surface area contributed by atoms with Gasteiger partial charge in [0.05, 0.1) is 35.6 Å². The molecule has 6 nitrogen and oxygen atoms in total. The second-order valence-electron chi connectivity index (χ2n) is 26.9. The molecule has 1 aliphatic heterocycles. The average Bonchev–Trinajstić information content (AvgIpc) is 1.49. The molecule has 90 heavy (non-hydrogen) atoms. The highest BCUT2D eigenvalue weighted by molar-refractivity contribution is 6.27. The number of benzene rings is 13. The fourth-order valence-corrected chi connectivity index (χ4v) is 15.8. The van der Waals surface area contributed by atoms with E-state index in [0.29, 0.717) is 29.0 Å². The van der Waals surface area contributed by atoms with Crippen LogP contribution in [0.1, 0.15) is 86.1 Å². The summed E-state index contributed by atoms with van der Waals surface area (Å²) < 4.78 is 14.0. The zero-order chi connectivity index (χ0) is 60.7. The maximum Gasteiger partial charge on any atom is 0.229 e. The Balaban J connectivity index is 0.958. The first kappa shape index (κ1) is 52.0. The molecule has 0 N–H and O–H groups in total. The van der Waals surface area contributed by atoms with Crippen molar-refractivity contribution >= 4 is 122 Å². The Morgan fingerprint density at radius 3 is 1.53 bits per heavy atom. The van der Waals surface area contributed by atoms with Crippen molar-refractivity contribution < 1.29 is 8.83 Å². The smallest absolute Gasteiger partial charge is 0.229 e. The van der Waals surface area contributed by atoms with Gasteiger partial charge in [-0.3, -0.25) is 0 Å². The van der Waals surface area contributed by atoms with Gasteiger partial charge in [0, 0.05) is 45.0 Å². The van der Waals surface area contributed by atoms with E-state index in [2.05, 4.69) is 267 Å². The molecule has 3 heterocycles. The molecule has 1 atom stereocenters. The van der Waals surface area contributed by atoms with Crippen LogP contribution in [0.2, 0.25) is 0 Å². The molecule has 0 saturated heterocycles. The lowest BCUT2D eigenvalue weighted by atomic mass is 9.69. The summed E-state index contributed by atoms with van der Waals surface area (Å²) in [5, 5.41) is 11.2. The molecule has 0 fully saturated rings. The van der Waals surface area contributed by atoms with Crippen LogP contribution in [0, 0.1) is 13.1 Å². The fourth-order valence-electron chi connectivity index (χ4n) is 15.8. The number of anilines is 6. The Labute approximate surface area is 521 Å². The Morgan fingerprint density at radius 2 is 0.889 bits per heavy atom. The molecule has 0 amide bonds. The van der Waals surface area contributed by atoms with E-state index in [1.807, 2.05) is 24.3 Å². The summed E-state index contributed by atoms with van der Waals surface area (Å²) >= 11 is 0. The topological polar surface area (TPSA) is 41.5 Å². The van der Waals surface area contributed by atoms with Crippen molar-refractivity contribution in [3.05, 3.63) is 298 Å². The first-order chi connectivity index (χ1) is 43.8. The van der Waals surface area contributed by atoms with Gasteiger partial charge in [0.2, 0.25) is 11.4 Å². The zero-order valence-corrected chi connectivity index (χ0v) is 50.8. The molecule has 18 rings (SSSR count). The van der Waals surface area contributed by atoms with Crippen molar-refractivity contribution in [2.75, 3.05) is 9.80 Å². The number of rotatable bonds is 4. The summed E-state index contributed by atoms with van der Waals surface area (Å²) in [5.41, 5.74) is 23.2. The van der Waals surface area contributed by atoms with E-state index in [0.717, 1.165) is 72.4 Å². The lowest BCUT2D eigenvalue weighted by molar-refractivity contribution is 0.590. The van der Waals surface area contributed by atoms with Crippen LogP contribution < -0.4 is 9.80 Å². The highest BCUT2D eigenvalue weighted by Gasteiger charge is 2.53. The predicted octanol–water partition coefficient (Wildman–Crippen LogP) is 23.8. The molecule has 0 saturated carbocycles. The van der Waals surface area contributed by atoms with Crippen LogP contribution in [0.15, 0.2) is 239 Å². The molecule has 0 bridgehead atoms. The minimum atomic E-state index is -0.835. The highest BCUT2D eigenvalue weighted by Crippen LogP contribution is 2.66. The van der Waals surface area contributed by atoms with E-state index in [-0.39, 0.29) is 10.8 Å². The van der Waals surface area contributed by atoms with Gasteiger partial charge in [-0.15, -0.1) is 0 Å². The van der Waals surface area contributed by atoms with Crippen LogP contribution in [-0.4, -0.2) is 0 Å². The first-order valence-corrected chi connectivity index (χ1v) is 31.1. The third-order valence-electron chi connectivity index (χ3n) is 20.0. The summed E-state index contributed by atoms with van der Waals surface area (Å²) in [6, 6.07) is 85.1. The number of fused-ring (bicyclic) bond motifs is 25. The van der Waals surface area contributed by atoms with Crippen molar-refractivity contribution in [1.29, 1.82) is 0 Å². The average molecular weight is 1160 g/mol. The van der Waals surface area contributed by atoms with Crippen molar-refractivity contribution in [1.82, 2.24) is 0 Å². The molecule has 2 aliphatic carbocycles. The molecule has 426 valence electrons. The van der Waals surface area contributed by atoms with Gasteiger partial charge in [-0.2, -0.15) is 0 Å². The molecule has 1 spiro atoms. The second kappa shape index (κ2) is 18.4. The second-order valence-corrected chi connectivity index (χ2v) is 26.9. The number of furan rings is 2. The highest BCUT2D eigenvalue weighted by atomic mass is 16.3. The van der Waals surface area contributed by atoms with Gasteiger partial charge in [0.1, 0.15) is 11.2 Å². The molecular weight excluding hydrogens is 1100 g/mol. The molecule has 0 radical (unpaired) electrons. The number of hydrogen-bond acceptors (Lipinski definition) is 4. The Hall–Kier alpha value is -11.2. The number of nitrogens with zero attached hydrogens (tertiary/aromatic N) is 4. The summed E-state index contributed by atoms with van der Waals surface area (Å²) in [6.07, 6.45) is 0.670. The SMILES string of the molecule is [C-]#[N+]c1cccc2c1oc1c(N(c3ccc(C(C)(C)C)cc3)c3ccc4c(c3)C3(c5ccccc5-c5cc6c7ccccc7c7ccccc7c6cc53)c3cc5c(cc3-4)Cc3ccc4c(oc6c([N+]#[C-])cccc64)c3N5c3ccc(C(C)(C)C)cc3)cccc12. The monoisotopic (exact) mass is 1150 g/mol. The maximum absolute atomic E-state index is 8.21. The maximum atomic E-state index is 8.21. The van der Waals surface area contributed by atoms with E-state index in [1.54, 1.807) is 0 Å². The van der Waals surface area contributed by atoms with Crippen molar-refractivity contribution in [3.63, 3.8) is 0 Å². The van der Waals surface area contributed by atoms with Gasteiger partial charge < -0.3 is 18.6 Å². The predicted molar refractivity (Wildman–Crippen MR) is 372 cm³/mol. The van der Waals surface area contributed by atoms with Crippen LogP contribution >= 0.6 is 0 Å². The molecular formula is C84H58N4O2. The van der Waals surface area contributed by atoms with E-state index in [9.17, 15) is 0 Å². The standard InChI is InChI=1S/C84H58N4O2/c1-82(2,3)50-31-35-52(36-32-50)87(75-29-17-25-63-61-23-15-27-73(85-7)78(61)89-80(63)75)54-39-41-60-67-43-49-42-48-30-40-64-62-24-16-28-74(86-8)79(62)90-81(64)77(48)88(53-37-33-51(34-38-53)83(4,5)6)76(49)47-72(67)84(70(60)44-54)69-26-14-13-22-59(69)68-45-65-57-20-11-9-18-55(57)56-19-10-12-21-58(56)66(65)46-71(68)84/h9-41,43-47H,42H2,1-6H3. The summed E-state index contributed by atoms with van der Waals surface area (Å²) in [5.74, 6) is 0. The van der Waals surface area contributed by atoms with Gasteiger partial charge in [0.25, 0.3) is 0 Å². The third-order valence-corrected chi connectivity index (χ3v) is 20.0. The number of hydrogen-bond donors (Lipinski definition) is 0. The van der Waals surface area contributed by atoms with E-state index in [1.165, 1.54) is 93.5 Å². The van der Waals surface area contributed by atoms with E-state index < -0.39 is 5.41 Å². The van der Waals surface area contributed by atoms with Crippen LogP contribution in [0.4, 0.5) is 45.5 Å². The third kappa shape index (κ3) is 7.08. The first-order valence-electron chi connectivity index (χ1n) is 31.1. The lowest BCUT2D eigenvalue weighted by Gasteiger charge is -2.36. The summed E-state index contributed by atoms with van der Waals surface area (Å²) in [6.45, 7) is 30.0. The molecule has 13 aromatic carbocycles. The minimum Gasteiger partial charge on any atom is -0.465 e. The van der Waals surface area contributed by atoms with Crippen LogP contribution in [0.3, 0.4) is 0 Å². The molecule has 6 heteroatoms. The molecule has 1 unspecified atom stereocenters. The van der Waals surface area contributed by atoms with Gasteiger partial charge in [0.15, 0.2) is 11.2 Å². The van der Waals surface area contributed by atoms with Gasteiger partial charge in [-0.05, 0) is 177 Å². The molecule has 15 aromatic rings. The molecule has 3 aliphatic rings. The Bertz CT molecular complexity index is 5760. The fraction of sp³-hybridized carbons (Fsp3) is 0.119. The summed E-state index contributed by atoms with van der Waals surface area (Å²) in [4.78, 5) is 12.7. The quantitative estimate of drug-likeness (QED) is 0.130. The van der Waals surface area contributed by atoms with Crippen molar-refractivity contribution in [2.45, 2.75) is 64.2 Å². The largest absolute Gasteiger partial charge is 0.465 e. The van der Waals surface area contributed by atoms with Gasteiger partial charge in [-0.1, -0.05) is 205 Å². The zero-order valence-electron chi connectivity index (χ0n) is 50.8. The van der Waals surface area contributed by atoms with Crippen molar-refractivity contribution in [2.24, 2.45) is 0 Å². The summed E-state index contributed by atoms with van der Waals surface area (Å²) in [7, 11) is 0. The Kier molecular flexibility index (Phi) is 10.7. The van der Waals surface area contributed by atoms with E-state index in [4.69, 9.17) is 22.0 Å². The van der Waals surface area contributed by atoms with Gasteiger partial charge >= 0.3 is 0 Å².